The lowest BCUT2D eigenvalue weighted by atomic mass is 9.92. The molecule has 8 heteroatoms. The van der Waals surface area contributed by atoms with Crippen LogP contribution in [0, 0.1) is 12.7 Å². The number of ether oxygens (including phenoxy) is 1. The van der Waals surface area contributed by atoms with E-state index in [4.69, 9.17) is 9.57 Å². The Labute approximate surface area is 169 Å². The Kier molecular flexibility index (Phi) is 5.38. The lowest BCUT2D eigenvalue weighted by Gasteiger charge is -2.49. The number of carbonyl (C=O) groups is 1. The van der Waals surface area contributed by atoms with Gasteiger partial charge in [-0.3, -0.25) is 9.63 Å². The first-order valence-electron chi connectivity index (χ1n) is 9.77. The molecule has 2 saturated heterocycles. The third-order valence-electron chi connectivity index (χ3n) is 5.37. The lowest BCUT2D eigenvalue weighted by Crippen LogP contribution is -2.68. The average molecular weight is 401 g/mol. The maximum absolute atomic E-state index is 14.3. The molecule has 4 rings (SSSR count). The molecule has 0 radical (unpaired) electrons. The van der Waals surface area contributed by atoms with E-state index in [0.717, 1.165) is 25.1 Å². The van der Waals surface area contributed by atoms with Gasteiger partial charge in [-0.05, 0) is 37.6 Å². The molecule has 1 spiro atoms. The second-order valence-corrected chi connectivity index (χ2v) is 7.65. The van der Waals surface area contributed by atoms with Gasteiger partial charge in [-0.25, -0.2) is 4.39 Å². The summed E-state index contributed by atoms with van der Waals surface area (Å²) < 4.78 is 21.8. The summed E-state index contributed by atoms with van der Waals surface area (Å²) in [7, 11) is 1.52. The predicted octanol–water partition coefficient (Wildman–Crippen LogP) is 1.43. The van der Waals surface area contributed by atoms with Crippen LogP contribution in [0.3, 0.4) is 0 Å². The minimum absolute atomic E-state index is 0.123. The molecule has 0 aliphatic carbocycles. The van der Waals surface area contributed by atoms with Gasteiger partial charge in [0.25, 0.3) is 5.91 Å². The van der Waals surface area contributed by atoms with Crippen molar-refractivity contribution in [1.29, 1.82) is 0 Å². The number of amides is 1. The Bertz CT molecular complexity index is 905. The number of aromatic nitrogens is 1. The van der Waals surface area contributed by atoms with Crippen LogP contribution in [0.25, 0.3) is 0 Å². The predicted molar refractivity (Wildman–Crippen MR) is 106 cm³/mol. The molecule has 29 heavy (non-hydrogen) atoms. The van der Waals surface area contributed by atoms with Crippen LogP contribution in [-0.4, -0.2) is 56.3 Å². The number of likely N-dealkylation sites (tertiary alicyclic amines) is 1. The molecule has 0 atom stereocenters. The SMILES string of the molecule is CO[n+]1ccc(C(=O)N2CC3(CNCCCO3)C2)c(Nc2ccc(C)cc2F)c1. The van der Waals surface area contributed by atoms with E-state index in [9.17, 15) is 9.18 Å². The highest BCUT2D eigenvalue weighted by molar-refractivity contribution is 6.00. The van der Waals surface area contributed by atoms with E-state index in [2.05, 4.69) is 10.6 Å². The van der Waals surface area contributed by atoms with Gasteiger partial charge in [0.05, 0.1) is 24.3 Å². The summed E-state index contributed by atoms with van der Waals surface area (Å²) in [5.74, 6) is -0.501. The highest BCUT2D eigenvalue weighted by atomic mass is 19.1. The summed E-state index contributed by atoms with van der Waals surface area (Å²) in [6.07, 6.45) is 4.26. The lowest BCUT2D eigenvalue weighted by molar-refractivity contribution is -0.885. The molecule has 1 aromatic heterocycles. The first-order valence-corrected chi connectivity index (χ1v) is 9.77. The summed E-state index contributed by atoms with van der Waals surface area (Å²) in [6.45, 7) is 5.28. The highest BCUT2D eigenvalue weighted by Crippen LogP contribution is 2.30. The number of halogens is 1. The van der Waals surface area contributed by atoms with Crippen LogP contribution in [-0.2, 0) is 4.74 Å². The Morgan fingerprint density at radius 2 is 2.17 bits per heavy atom. The molecule has 1 amide bonds. The molecule has 0 bridgehead atoms. The van der Waals surface area contributed by atoms with E-state index < -0.39 is 0 Å². The third kappa shape index (κ3) is 4.04. The van der Waals surface area contributed by atoms with Crippen LogP contribution in [0.4, 0.5) is 15.8 Å². The smallest absolute Gasteiger partial charge is 0.256 e. The van der Waals surface area contributed by atoms with Gasteiger partial charge in [-0.2, -0.15) is 0 Å². The molecule has 3 heterocycles. The van der Waals surface area contributed by atoms with Crippen molar-refractivity contribution >= 4 is 17.3 Å². The molecule has 2 aliphatic heterocycles. The number of anilines is 2. The number of aryl methyl sites for hydroxylation is 1. The molecule has 2 aliphatic rings. The molecule has 0 unspecified atom stereocenters. The van der Waals surface area contributed by atoms with Crippen LogP contribution >= 0.6 is 0 Å². The number of rotatable bonds is 4. The number of nitrogens with zero attached hydrogens (tertiary/aromatic N) is 2. The quantitative estimate of drug-likeness (QED) is 0.759. The van der Waals surface area contributed by atoms with E-state index in [1.165, 1.54) is 17.9 Å². The van der Waals surface area contributed by atoms with Gasteiger partial charge in [0.1, 0.15) is 24.2 Å². The standard InChI is InChI=1S/C21H25FN4O3/c1-15-4-5-18(17(22)10-15)24-19-11-26(28-2)8-6-16(19)20(27)25-13-21(14-25)12-23-7-3-9-29-21/h4-6,8,10-11,23H,3,7,9,12-14H2,1-2H3/p+1. The minimum atomic E-state index is -0.378. The van der Waals surface area contributed by atoms with E-state index in [-0.39, 0.29) is 17.3 Å². The fourth-order valence-electron chi connectivity index (χ4n) is 3.76. The second kappa shape index (κ2) is 7.96. The average Bonchev–Trinajstić information content (AvgIpc) is 2.95. The summed E-state index contributed by atoms with van der Waals surface area (Å²) in [5, 5.41) is 6.41. The van der Waals surface area contributed by atoms with Crippen molar-refractivity contribution in [3.05, 3.63) is 53.6 Å². The largest absolute Gasteiger partial charge is 0.370 e. The molecule has 7 nitrogen and oxygen atoms in total. The first kappa shape index (κ1) is 19.6. The Morgan fingerprint density at radius 3 is 2.93 bits per heavy atom. The summed E-state index contributed by atoms with van der Waals surface area (Å²) >= 11 is 0. The molecule has 0 saturated carbocycles. The van der Waals surface area contributed by atoms with E-state index in [1.54, 1.807) is 29.4 Å². The van der Waals surface area contributed by atoms with Crippen molar-refractivity contribution < 1.29 is 23.5 Å². The fourth-order valence-corrected chi connectivity index (χ4v) is 3.76. The zero-order valence-electron chi connectivity index (χ0n) is 16.7. The Balaban J connectivity index is 1.56. The fraction of sp³-hybridized carbons (Fsp3) is 0.429. The number of benzene rings is 1. The zero-order valence-corrected chi connectivity index (χ0v) is 16.7. The number of carbonyl (C=O) groups excluding carboxylic acids is 1. The van der Waals surface area contributed by atoms with Gasteiger partial charge in [0.15, 0.2) is 0 Å². The number of nitrogens with one attached hydrogen (secondary N) is 2. The summed E-state index contributed by atoms with van der Waals surface area (Å²) in [5.41, 5.74) is 1.75. The molecular weight excluding hydrogens is 375 g/mol. The van der Waals surface area contributed by atoms with Gasteiger partial charge in [-0.1, -0.05) is 6.07 Å². The van der Waals surface area contributed by atoms with Crippen molar-refractivity contribution in [3.8, 4) is 0 Å². The number of hydrogen-bond acceptors (Lipinski definition) is 5. The third-order valence-corrected chi connectivity index (χ3v) is 5.37. The Morgan fingerprint density at radius 1 is 1.34 bits per heavy atom. The topological polar surface area (TPSA) is 66.7 Å². The molecule has 2 N–H and O–H groups in total. The maximum Gasteiger partial charge on any atom is 0.256 e. The maximum atomic E-state index is 14.3. The van der Waals surface area contributed by atoms with Crippen molar-refractivity contribution in [3.63, 3.8) is 0 Å². The van der Waals surface area contributed by atoms with Gasteiger partial charge in [0, 0.05) is 23.9 Å². The molecule has 2 aromatic rings. The van der Waals surface area contributed by atoms with Gasteiger partial charge in [-0.15, -0.1) is 0 Å². The summed E-state index contributed by atoms with van der Waals surface area (Å²) in [6, 6.07) is 6.60. The molecule has 154 valence electrons. The van der Waals surface area contributed by atoms with Crippen LogP contribution in [0.1, 0.15) is 22.3 Å². The van der Waals surface area contributed by atoms with E-state index in [0.29, 0.717) is 36.6 Å². The van der Waals surface area contributed by atoms with E-state index >= 15 is 0 Å². The van der Waals surface area contributed by atoms with Gasteiger partial charge < -0.3 is 20.3 Å². The monoisotopic (exact) mass is 401 g/mol. The van der Waals surface area contributed by atoms with Crippen LogP contribution in [0.2, 0.25) is 0 Å². The molecule has 1 aromatic carbocycles. The van der Waals surface area contributed by atoms with Crippen molar-refractivity contribution in [2.75, 3.05) is 45.2 Å². The normalized spacial score (nSPS) is 18.1. The Hall–Kier alpha value is -2.71. The second-order valence-electron chi connectivity index (χ2n) is 7.65. The van der Waals surface area contributed by atoms with Gasteiger partial charge in [0.2, 0.25) is 12.4 Å². The number of pyridine rings is 1. The van der Waals surface area contributed by atoms with Crippen molar-refractivity contribution in [2.24, 2.45) is 0 Å². The summed E-state index contributed by atoms with van der Waals surface area (Å²) in [4.78, 5) is 20.1. The highest BCUT2D eigenvalue weighted by Gasteiger charge is 2.47. The van der Waals surface area contributed by atoms with Gasteiger partial charge >= 0.3 is 0 Å². The van der Waals surface area contributed by atoms with Crippen LogP contribution < -0.4 is 20.2 Å². The number of hydrogen-bond donors (Lipinski definition) is 2. The van der Waals surface area contributed by atoms with E-state index in [1.807, 2.05) is 13.0 Å². The minimum Gasteiger partial charge on any atom is -0.370 e. The first-order chi connectivity index (χ1) is 14.0. The van der Waals surface area contributed by atoms with Crippen molar-refractivity contribution in [2.45, 2.75) is 18.9 Å². The van der Waals surface area contributed by atoms with Crippen LogP contribution in [0.5, 0.6) is 0 Å². The molecular formula is C21H26FN4O3+. The van der Waals surface area contributed by atoms with Crippen molar-refractivity contribution in [1.82, 2.24) is 10.2 Å². The zero-order chi connectivity index (χ0) is 20.4. The van der Waals surface area contributed by atoms with Crippen LogP contribution in [0.15, 0.2) is 36.7 Å². The molecule has 2 fully saturated rings.